The lowest BCUT2D eigenvalue weighted by molar-refractivity contribution is -0.122. The molecule has 2 heterocycles. The van der Waals surface area contributed by atoms with Gasteiger partial charge in [-0.3, -0.25) is 9.69 Å². The number of hydrogen-bond acceptors (Lipinski definition) is 4. The van der Waals surface area contributed by atoms with Crippen LogP contribution in [0.15, 0.2) is 18.2 Å². The maximum absolute atomic E-state index is 13.2. The molecule has 2 aliphatic rings. The molecule has 5 heteroatoms. The molecule has 23 heavy (non-hydrogen) atoms. The minimum atomic E-state index is -0.421. The molecule has 1 aromatic heterocycles. The molecule has 0 aromatic carbocycles. The highest BCUT2D eigenvalue weighted by molar-refractivity contribution is 5.81. The van der Waals surface area contributed by atoms with Crippen molar-refractivity contribution in [2.24, 2.45) is 5.92 Å². The number of carbonyl (C=O) groups excluding carboxylic acids is 1. The van der Waals surface area contributed by atoms with E-state index in [1.807, 2.05) is 6.07 Å². The average molecular weight is 319 g/mol. The fourth-order valence-corrected chi connectivity index (χ4v) is 3.70. The van der Waals surface area contributed by atoms with Crippen LogP contribution < -0.4 is 4.90 Å². The predicted molar refractivity (Wildman–Crippen MR) is 89.0 cm³/mol. The molecule has 0 spiro atoms. The minimum absolute atomic E-state index is 0.353. The van der Waals surface area contributed by atoms with Gasteiger partial charge in [0.1, 0.15) is 11.6 Å². The molecule has 1 aliphatic heterocycles. The highest BCUT2D eigenvalue weighted by Gasteiger charge is 2.23. The number of hydrogen-bond donors (Lipinski definition) is 0. The Hall–Kier alpha value is -1.49. The second-order valence-electron chi connectivity index (χ2n) is 6.70. The van der Waals surface area contributed by atoms with E-state index in [1.54, 1.807) is 6.07 Å². The molecule has 4 nitrogen and oxygen atoms in total. The summed E-state index contributed by atoms with van der Waals surface area (Å²) in [5.74, 6) is 1.13. The maximum atomic E-state index is 13.2. The number of pyridine rings is 1. The number of piperazine rings is 1. The second kappa shape index (κ2) is 7.86. The smallest absolute Gasteiger partial charge is 0.214 e. The third-order valence-corrected chi connectivity index (χ3v) is 5.10. The molecule has 126 valence electrons. The van der Waals surface area contributed by atoms with E-state index in [0.29, 0.717) is 11.7 Å². The zero-order chi connectivity index (χ0) is 16.1. The van der Waals surface area contributed by atoms with Crippen molar-refractivity contribution in [1.82, 2.24) is 9.88 Å². The minimum Gasteiger partial charge on any atom is -0.354 e. The summed E-state index contributed by atoms with van der Waals surface area (Å²) in [4.78, 5) is 20.6. The van der Waals surface area contributed by atoms with Crippen LogP contribution in [0.2, 0.25) is 0 Å². The number of halogens is 1. The van der Waals surface area contributed by atoms with Gasteiger partial charge in [-0.1, -0.05) is 18.9 Å². The second-order valence-corrected chi connectivity index (χ2v) is 6.70. The molecule has 0 atom stereocenters. The number of Topliss-reactive ketones (excluding diaryl/α,β-unsaturated/α-hetero) is 1. The van der Waals surface area contributed by atoms with E-state index in [4.69, 9.17) is 0 Å². The van der Waals surface area contributed by atoms with Gasteiger partial charge in [-0.05, 0) is 37.9 Å². The van der Waals surface area contributed by atoms with Crippen LogP contribution in [-0.4, -0.2) is 48.4 Å². The van der Waals surface area contributed by atoms with Gasteiger partial charge in [0.2, 0.25) is 5.95 Å². The number of carbonyl (C=O) groups is 1. The normalized spacial score (nSPS) is 20.1. The molecule has 1 aliphatic carbocycles. The largest absolute Gasteiger partial charge is 0.354 e. The summed E-state index contributed by atoms with van der Waals surface area (Å²) >= 11 is 0. The lowest BCUT2D eigenvalue weighted by Gasteiger charge is -2.35. The van der Waals surface area contributed by atoms with Crippen molar-refractivity contribution in [2.75, 3.05) is 37.6 Å². The lowest BCUT2D eigenvalue weighted by atomic mass is 9.99. The summed E-state index contributed by atoms with van der Waals surface area (Å²) in [6.07, 6.45) is 6.37. The molecule has 1 saturated heterocycles. The summed E-state index contributed by atoms with van der Waals surface area (Å²) in [6, 6.07) is 4.94. The molecule has 0 N–H and O–H groups in total. The molecule has 0 bridgehead atoms. The highest BCUT2D eigenvalue weighted by atomic mass is 19.1. The molecular formula is C18H26FN3O. The molecule has 1 aromatic rings. The van der Waals surface area contributed by atoms with E-state index in [0.717, 1.165) is 64.2 Å². The Morgan fingerprint density at radius 3 is 2.61 bits per heavy atom. The zero-order valence-corrected chi connectivity index (χ0v) is 13.7. The van der Waals surface area contributed by atoms with Crippen LogP contribution in [0.4, 0.5) is 10.2 Å². The molecular weight excluding hydrogens is 293 g/mol. The lowest BCUT2D eigenvalue weighted by Crippen LogP contribution is -2.47. The Balaban J connectivity index is 1.37. The third-order valence-electron chi connectivity index (χ3n) is 5.10. The molecule has 1 saturated carbocycles. The van der Waals surface area contributed by atoms with Crippen molar-refractivity contribution in [1.29, 1.82) is 0 Å². The zero-order valence-electron chi connectivity index (χ0n) is 13.7. The van der Waals surface area contributed by atoms with E-state index >= 15 is 0 Å². The van der Waals surface area contributed by atoms with E-state index in [1.165, 1.54) is 18.9 Å². The summed E-state index contributed by atoms with van der Waals surface area (Å²) in [7, 11) is 0. The number of ketones is 1. The summed E-state index contributed by atoms with van der Waals surface area (Å²) in [5.41, 5.74) is 0. The summed E-state index contributed by atoms with van der Waals surface area (Å²) in [5, 5.41) is 0. The van der Waals surface area contributed by atoms with E-state index in [-0.39, 0.29) is 0 Å². The summed E-state index contributed by atoms with van der Waals surface area (Å²) < 4.78 is 13.2. The van der Waals surface area contributed by atoms with Gasteiger partial charge >= 0.3 is 0 Å². The monoisotopic (exact) mass is 319 g/mol. The van der Waals surface area contributed by atoms with Gasteiger partial charge in [-0.15, -0.1) is 0 Å². The number of anilines is 1. The first kappa shape index (κ1) is 16.4. The van der Waals surface area contributed by atoms with Crippen molar-refractivity contribution in [2.45, 2.75) is 38.5 Å². The van der Waals surface area contributed by atoms with Gasteiger partial charge in [-0.2, -0.15) is 4.39 Å². The highest BCUT2D eigenvalue weighted by Crippen LogP contribution is 2.26. The predicted octanol–water partition coefficient (Wildman–Crippen LogP) is 2.88. The maximum Gasteiger partial charge on any atom is 0.214 e. The van der Waals surface area contributed by atoms with E-state index in [2.05, 4.69) is 14.8 Å². The van der Waals surface area contributed by atoms with Crippen LogP contribution in [0.1, 0.15) is 38.5 Å². The quantitative estimate of drug-likeness (QED) is 0.756. The Morgan fingerprint density at radius 1 is 1.17 bits per heavy atom. The van der Waals surface area contributed by atoms with Gasteiger partial charge < -0.3 is 4.90 Å². The van der Waals surface area contributed by atoms with Crippen molar-refractivity contribution in [3.8, 4) is 0 Å². The topological polar surface area (TPSA) is 36.4 Å². The van der Waals surface area contributed by atoms with Crippen LogP contribution in [-0.2, 0) is 4.79 Å². The van der Waals surface area contributed by atoms with Crippen molar-refractivity contribution in [3.05, 3.63) is 24.1 Å². The molecule has 0 unspecified atom stereocenters. The van der Waals surface area contributed by atoms with Crippen LogP contribution in [0.5, 0.6) is 0 Å². The van der Waals surface area contributed by atoms with Gasteiger partial charge in [0.15, 0.2) is 0 Å². The van der Waals surface area contributed by atoms with E-state index in [9.17, 15) is 9.18 Å². The number of rotatable bonds is 6. The average Bonchev–Trinajstić information content (AvgIpc) is 3.10. The van der Waals surface area contributed by atoms with Crippen molar-refractivity contribution in [3.63, 3.8) is 0 Å². The van der Waals surface area contributed by atoms with Gasteiger partial charge in [0, 0.05) is 38.5 Å². The van der Waals surface area contributed by atoms with Crippen molar-refractivity contribution < 1.29 is 9.18 Å². The first-order valence-corrected chi connectivity index (χ1v) is 8.85. The van der Waals surface area contributed by atoms with Crippen molar-refractivity contribution >= 4 is 11.6 Å². The van der Waals surface area contributed by atoms with Crippen LogP contribution in [0.25, 0.3) is 0 Å². The molecule has 3 rings (SSSR count). The fourth-order valence-electron chi connectivity index (χ4n) is 3.70. The van der Waals surface area contributed by atoms with Crippen LogP contribution in [0.3, 0.4) is 0 Å². The third kappa shape index (κ3) is 4.50. The standard InChI is InChI=1S/C18H26FN3O/c19-17-8-3-9-18(20-17)22-13-11-21(12-14-22)10-4-7-16(23)15-5-1-2-6-15/h3,8-9,15H,1-2,4-7,10-14H2. The Morgan fingerprint density at radius 2 is 1.91 bits per heavy atom. The molecule has 2 fully saturated rings. The fraction of sp³-hybridized carbons (Fsp3) is 0.667. The summed E-state index contributed by atoms with van der Waals surface area (Å²) in [6.45, 7) is 4.63. The number of aromatic nitrogens is 1. The Bertz CT molecular complexity index is 523. The Kier molecular flexibility index (Phi) is 5.60. The van der Waals surface area contributed by atoms with Crippen LogP contribution >= 0.6 is 0 Å². The van der Waals surface area contributed by atoms with Gasteiger partial charge in [-0.25, -0.2) is 4.98 Å². The number of nitrogens with zero attached hydrogens (tertiary/aromatic N) is 3. The van der Waals surface area contributed by atoms with E-state index < -0.39 is 5.95 Å². The van der Waals surface area contributed by atoms with Crippen LogP contribution in [0, 0.1) is 11.9 Å². The first-order chi connectivity index (χ1) is 11.2. The molecule has 0 radical (unpaired) electrons. The first-order valence-electron chi connectivity index (χ1n) is 8.85. The van der Waals surface area contributed by atoms with Gasteiger partial charge in [0.25, 0.3) is 0 Å². The van der Waals surface area contributed by atoms with Gasteiger partial charge in [0.05, 0.1) is 0 Å². The molecule has 0 amide bonds. The SMILES string of the molecule is O=C(CCCN1CCN(c2cccc(F)n2)CC1)C1CCCC1. The Labute approximate surface area is 137 Å².